The molecule has 0 aromatic rings. The lowest BCUT2D eigenvalue weighted by Crippen LogP contribution is -2.51. The first-order valence-electron chi connectivity index (χ1n) is 6.91. The summed E-state index contributed by atoms with van der Waals surface area (Å²) in [5.74, 6) is 0.700. The zero-order valence-electron chi connectivity index (χ0n) is 11.6. The van der Waals surface area contributed by atoms with Gasteiger partial charge in [0.1, 0.15) is 0 Å². The van der Waals surface area contributed by atoms with Crippen LogP contribution in [0.4, 0.5) is 0 Å². The highest BCUT2D eigenvalue weighted by molar-refractivity contribution is 5.97. The van der Waals surface area contributed by atoms with Crippen LogP contribution in [0.15, 0.2) is 11.1 Å². The zero-order chi connectivity index (χ0) is 12.6. The minimum absolute atomic E-state index is 0.288. The van der Waals surface area contributed by atoms with Crippen LogP contribution in [0.1, 0.15) is 52.9 Å². The molecule has 2 heterocycles. The third kappa shape index (κ3) is 2.47. The van der Waals surface area contributed by atoms with Crippen LogP contribution in [-0.4, -0.2) is 29.8 Å². The Kier molecular flexibility index (Phi) is 3.72. The van der Waals surface area contributed by atoms with Crippen LogP contribution >= 0.6 is 0 Å². The molecule has 96 valence electrons. The number of allylic oxidation sites excluding steroid dienone is 2. The Morgan fingerprint density at radius 3 is 2.06 bits per heavy atom. The van der Waals surface area contributed by atoms with Crippen molar-refractivity contribution in [2.75, 3.05) is 7.05 Å². The molecule has 0 aromatic carbocycles. The highest BCUT2D eigenvalue weighted by atomic mass is 16.1. The van der Waals surface area contributed by atoms with Gasteiger partial charge in [-0.1, -0.05) is 12.0 Å². The fourth-order valence-corrected chi connectivity index (χ4v) is 3.38. The van der Waals surface area contributed by atoms with E-state index in [0.29, 0.717) is 17.9 Å². The minimum Gasteiger partial charge on any atom is -0.300 e. The molecule has 2 aliphatic rings. The van der Waals surface area contributed by atoms with Crippen LogP contribution in [0.2, 0.25) is 0 Å². The number of ketones is 1. The lowest BCUT2D eigenvalue weighted by Gasteiger charge is -2.46. The molecule has 2 nitrogen and oxygen atoms in total. The van der Waals surface area contributed by atoms with Crippen LogP contribution in [0.25, 0.3) is 0 Å². The van der Waals surface area contributed by atoms with Crippen LogP contribution in [0, 0.1) is 5.92 Å². The van der Waals surface area contributed by atoms with Gasteiger partial charge < -0.3 is 4.90 Å². The number of piperidine rings is 2. The molecule has 0 amide bonds. The van der Waals surface area contributed by atoms with Gasteiger partial charge in [0.15, 0.2) is 5.78 Å². The van der Waals surface area contributed by atoms with E-state index in [2.05, 4.69) is 11.9 Å². The topological polar surface area (TPSA) is 20.3 Å². The van der Waals surface area contributed by atoms with Crippen molar-refractivity contribution in [2.45, 2.75) is 65.0 Å². The van der Waals surface area contributed by atoms with Crippen molar-refractivity contribution in [3.05, 3.63) is 11.1 Å². The van der Waals surface area contributed by atoms with Gasteiger partial charge in [-0.3, -0.25) is 4.79 Å². The van der Waals surface area contributed by atoms with Gasteiger partial charge in [0, 0.05) is 18.0 Å². The van der Waals surface area contributed by atoms with Crippen molar-refractivity contribution in [2.24, 2.45) is 5.92 Å². The fourth-order valence-electron chi connectivity index (χ4n) is 3.38. The van der Waals surface area contributed by atoms with E-state index in [9.17, 15) is 4.79 Å². The predicted octanol–water partition coefficient (Wildman–Crippen LogP) is 3.17. The number of hydrogen-bond donors (Lipinski definition) is 0. The highest BCUT2D eigenvalue weighted by Crippen LogP contribution is 2.37. The molecule has 2 heteroatoms. The number of hydrogen-bond acceptors (Lipinski definition) is 2. The van der Waals surface area contributed by atoms with Gasteiger partial charge >= 0.3 is 0 Å². The molecule has 2 unspecified atom stereocenters. The Morgan fingerprint density at radius 1 is 1.06 bits per heavy atom. The van der Waals surface area contributed by atoms with Gasteiger partial charge in [0.2, 0.25) is 0 Å². The smallest absolute Gasteiger partial charge is 0.161 e. The van der Waals surface area contributed by atoms with E-state index in [1.807, 2.05) is 20.8 Å². The Morgan fingerprint density at radius 2 is 1.59 bits per heavy atom. The van der Waals surface area contributed by atoms with Crippen LogP contribution in [0.3, 0.4) is 0 Å². The maximum absolute atomic E-state index is 12.4. The summed E-state index contributed by atoms with van der Waals surface area (Å²) in [6.07, 6.45) is 6.07. The molecule has 0 aromatic heterocycles. The Bertz CT molecular complexity index is 327. The van der Waals surface area contributed by atoms with E-state index in [0.717, 1.165) is 18.4 Å². The molecule has 0 aliphatic carbocycles. The summed E-state index contributed by atoms with van der Waals surface area (Å²) >= 11 is 0. The first kappa shape index (κ1) is 12.8. The standard InChI is InChI=1S/C15H25NO/c1-10(2)11(3)15(17)12-8-13-6-5-7-14(9-12)16(13)4/h12-14H,5-9H2,1-4H3. The average Bonchev–Trinajstić information content (AvgIpc) is 2.26. The van der Waals surface area contributed by atoms with Crippen LogP contribution in [0.5, 0.6) is 0 Å². The van der Waals surface area contributed by atoms with E-state index in [1.54, 1.807) is 0 Å². The van der Waals surface area contributed by atoms with Gasteiger partial charge in [-0.2, -0.15) is 0 Å². The molecule has 2 bridgehead atoms. The molecule has 0 N–H and O–H groups in total. The number of fused-ring (bicyclic) bond motifs is 2. The summed E-state index contributed by atoms with van der Waals surface area (Å²) in [5, 5.41) is 0. The molecule has 2 saturated heterocycles. The number of Topliss-reactive ketones (excluding diaryl/α,β-unsaturated/α-hetero) is 1. The summed E-state index contributed by atoms with van der Waals surface area (Å²) in [6.45, 7) is 6.08. The van der Waals surface area contributed by atoms with Crippen molar-refractivity contribution in [3.63, 3.8) is 0 Å². The van der Waals surface area contributed by atoms with Crippen LogP contribution in [-0.2, 0) is 4.79 Å². The quantitative estimate of drug-likeness (QED) is 0.685. The van der Waals surface area contributed by atoms with Crippen molar-refractivity contribution in [3.8, 4) is 0 Å². The zero-order valence-corrected chi connectivity index (χ0v) is 11.6. The van der Waals surface area contributed by atoms with E-state index in [-0.39, 0.29) is 5.92 Å². The molecular weight excluding hydrogens is 210 g/mol. The van der Waals surface area contributed by atoms with E-state index < -0.39 is 0 Å². The van der Waals surface area contributed by atoms with E-state index >= 15 is 0 Å². The second-order valence-electron chi connectivity index (χ2n) is 6.06. The maximum atomic E-state index is 12.4. The lowest BCUT2D eigenvalue weighted by molar-refractivity contribution is -0.122. The molecule has 2 atom stereocenters. The maximum Gasteiger partial charge on any atom is 0.161 e. The SMILES string of the molecule is CC(C)=C(C)C(=O)C1CC2CCCC(C1)N2C. The molecular formula is C15H25NO. The largest absolute Gasteiger partial charge is 0.300 e. The number of carbonyl (C=O) groups is 1. The second-order valence-corrected chi connectivity index (χ2v) is 6.06. The number of carbonyl (C=O) groups excluding carboxylic acids is 1. The van der Waals surface area contributed by atoms with Gasteiger partial charge in [0.05, 0.1) is 0 Å². The Hall–Kier alpha value is -0.630. The van der Waals surface area contributed by atoms with Gasteiger partial charge in [-0.05, 0) is 59.1 Å². The van der Waals surface area contributed by atoms with Gasteiger partial charge in [-0.25, -0.2) is 0 Å². The summed E-state index contributed by atoms with van der Waals surface area (Å²) in [6, 6.07) is 1.31. The lowest BCUT2D eigenvalue weighted by atomic mass is 9.75. The van der Waals surface area contributed by atoms with Crippen LogP contribution < -0.4 is 0 Å². The summed E-state index contributed by atoms with van der Waals surface area (Å²) in [7, 11) is 2.24. The first-order chi connectivity index (χ1) is 8.00. The normalized spacial score (nSPS) is 33.3. The van der Waals surface area contributed by atoms with Crippen molar-refractivity contribution >= 4 is 5.78 Å². The molecule has 0 radical (unpaired) electrons. The summed E-state index contributed by atoms with van der Waals surface area (Å²) in [4.78, 5) is 14.9. The molecule has 17 heavy (non-hydrogen) atoms. The van der Waals surface area contributed by atoms with Crippen molar-refractivity contribution in [1.29, 1.82) is 0 Å². The minimum atomic E-state index is 0.288. The summed E-state index contributed by atoms with van der Waals surface area (Å²) < 4.78 is 0. The van der Waals surface area contributed by atoms with Gasteiger partial charge in [-0.15, -0.1) is 0 Å². The van der Waals surface area contributed by atoms with E-state index in [1.165, 1.54) is 24.8 Å². The predicted molar refractivity (Wildman–Crippen MR) is 71.0 cm³/mol. The average molecular weight is 235 g/mol. The molecule has 2 aliphatic heterocycles. The molecule has 2 rings (SSSR count). The number of nitrogens with zero attached hydrogens (tertiary/aromatic N) is 1. The highest BCUT2D eigenvalue weighted by Gasteiger charge is 2.38. The number of rotatable bonds is 2. The third-order valence-electron chi connectivity index (χ3n) is 4.83. The van der Waals surface area contributed by atoms with Crippen molar-refractivity contribution in [1.82, 2.24) is 4.90 Å². The first-order valence-corrected chi connectivity index (χ1v) is 6.91. The summed E-state index contributed by atoms with van der Waals surface area (Å²) in [5.41, 5.74) is 2.18. The second kappa shape index (κ2) is 4.93. The van der Waals surface area contributed by atoms with Crippen molar-refractivity contribution < 1.29 is 4.79 Å². The molecule has 0 saturated carbocycles. The Labute approximate surface area is 105 Å². The van der Waals surface area contributed by atoms with Gasteiger partial charge in [0.25, 0.3) is 0 Å². The van der Waals surface area contributed by atoms with E-state index in [4.69, 9.17) is 0 Å². The third-order valence-corrected chi connectivity index (χ3v) is 4.83. The Balaban J connectivity index is 2.10. The molecule has 2 fully saturated rings. The fraction of sp³-hybridized carbons (Fsp3) is 0.800. The molecule has 0 spiro atoms. The monoisotopic (exact) mass is 235 g/mol.